The van der Waals surface area contributed by atoms with Gasteiger partial charge in [-0.1, -0.05) is 23.7 Å². The second kappa shape index (κ2) is 9.42. The van der Waals surface area contributed by atoms with Gasteiger partial charge in [-0.2, -0.15) is 5.10 Å². The van der Waals surface area contributed by atoms with Crippen LogP contribution in [0.3, 0.4) is 0 Å². The maximum Gasteiger partial charge on any atom is 0.272 e. The lowest BCUT2D eigenvalue weighted by atomic mass is 10.1. The number of hydrogen-bond donors (Lipinski definition) is 3. The molecule has 5 rings (SSSR count). The van der Waals surface area contributed by atoms with E-state index in [1.165, 1.54) is 18.5 Å². The Hall–Kier alpha value is -4.25. The van der Waals surface area contributed by atoms with Crippen LogP contribution in [-0.4, -0.2) is 38.2 Å². The quantitative estimate of drug-likeness (QED) is 0.363. The number of rotatable bonds is 6. The number of hydrogen-bond acceptors (Lipinski definition) is 7. The molecule has 0 spiro atoms. The molecular formula is C24H21ClFN7O3. The summed E-state index contributed by atoms with van der Waals surface area (Å²) in [7, 11) is 1.74. The van der Waals surface area contributed by atoms with Crippen LogP contribution < -0.4 is 20.7 Å². The largest absolute Gasteiger partial charge is 0.482 e. The van der Waals surface area contributed by atoms with Gasteiger partial charge in [0.15, 0.2) is 18.1 Å². The third-order valence-electron chi connectivity index (χ3n) is 5.76. The van der Waals surface area contributed by atoms with Crippen LogP contribution in [0, 0.1) is 5.82 Å². The molecule has 2 aromatic carbocycles. The van der Waals surface area contributed by atoms with Gasteiger partial charge >= 0.3 is 0 Å². The van der Waals surface area contributed by atoms with Crippen LogP contribution in [0.2, 0.25) is 5.02 Å². The molecule has 1 aliphatic heterocycles. The first kappa shape index (κ1) is 23.5. The van der Waals surface area contributed by atoms with Gasteiger partial charge in [0, 0.05) is 13.6 Å². The van der Waals surface area contributed by atoms with Crippen molar-refractivity contribution >= 4 is 46.0 Å². The Morgan fingerprint density at radius 2 is 2.08 bits per heavy atom. The Kier molecular flexibility index (Phi) is 6.15. The number of benzene rings is 2. The van der Waals surface area contributed by atoms with Crippen LogP contribution >= 0.6 is 11.6 Å². The van der Waals surface area contributed by atoms with Crippen molar-refractivity contribution in [2.24, 2.45) is 7.05 Å². The summed E-state index contributed by atoms with van der Waals surface area (Å²) in [5, 5.41) is 13.4. The molecule has 0 saturated carbocycles. The van der Waals surface area contributed by atoms with Crippen molar-refractivity contribution in [2.75, 3.05) is 17.2 Å². The van der Waals surface area contributed by atoms with Gasteiger partial charge in [-0.25, -0.2) is 14.4 Å². The summed E-state index contributed by atoms with van der Waals surface area (Å²) in [6.07, 6.45) is 1.30. The Bertz CT molecular complexity index is 1510. The summed E-state index contributed by atoms with van der Waals surface area (Å²) in [4.78, 5) is 33.0. The number of nitrogens with one attached hydrogen (secondary N) is 3. The number of ether oxygens (including phenoxy) is 1. The molecule has 0 radical (unpaired) electrons. The molecule has 3 N–H and O–H groups in total. The highest BCUT2D eigenvalue weighted by Crippen LogP contribution is 2.32. The van der Waals surface area contributed by atoms with Crippen molar-refractivity contribution in [3.05, 3.63) is 70.4 Å². The van der Waals surface area contributed by atoms with E-state index in [0.717, 1.165) is 5.56 Å². The second-order valence-electron chi connectivity index (χ2n) is 8.28. The van der Waals surface area contributed by atoms with Crippen molar-refractivity contribution in [2.45, 2.75) is 19.5 Å². The van der Waals surface area contributed by atoms with E-state index in [1.54, 1.807) is 17.8 Å². The molecule has 0 bridgehead atoms. The molecule has 2 aromatic heterocycles. The lowest BCUT2D eigenvalue weighted by molar-refractivity contribution is -0.118. The molecule has 2 amide bonds. The number of anilines is 2. The van der Waals surface area contributed by atoms with Gasteiger partial charge in [-0.3, -0.25) is 14.3 Å². The normalized spacial score (nSPS) is 13.5. The average molecular weight is 510 g/mol. The molecule has 4 aromatic rings. The maximum absolute atomic E-state index is 13.4. The van der Waals surface area contributed by atoms with E-state index in [2.05, 4.69) is 31.0 Å². The molecule has 10 nitrogen and oxygen atoms in total. The summed E-state index contributed by atoms with van der Waals surface area (Å²) >= 11 is 5.82. The Balaban J connectivity index is 1.37. The molecule has 36 heavy (non-hydrogen) atoms. The number of carbonyl (C=O) groups is 2. The molecule has 1 unspecified atom stereocenters. The average Bonchev–Trinajstić information content (AvgIpc) is 3.18. The SMILES string of the molecule is CC(Nc1c2ncnc(C(=O)NCc3ccc(F)c(Cl)c3)c2nn1C)c1ccc2c(c1)NC(=O)CO2. The van der Waals surface area contributed by atoms with Crippen LogP contribution in [0.1, 0.15) is 34.6 Å². The summed E-state index contributed by atoms with van der Waals surface area (Å²) < 4.78 is 20.4. The van der Waals surface area contributed by atoms with Gasteiger partial charge < -0.3 is 20.7 Å². The topological polar surface area (TPSA) is 123 Å². The Morgan fingerprint density at radius 3 is 2.89 bits per heavy atom. The Labute approximate surface area is 209 Å². The van der Waals surface area contributed by atoms with Crippen LogP contribution in [0.5, 0.6) is 5.75 Å². The number of amides is 2. The molecule has 0 fully saturated rings. The number of fused-ring (bicyclic) bond motifs is 2. The standard InChI is InChI=1S/C24H21ClFN7O3/c1-12(14-4-6-18-17(8-14)31-19(34)10-36-18)30-23-21-20(32-33(23)2)22(29-11-28-21)24(35)27-9-13-3-5-16(26)15(25)7-13/h3-8,11-12,30H,9-10H2,1-2H3,(H,27,35)(H,31,34). The monoisotopic (exact) mass is 509 g/mol. The summed E-state index contributed by atoms with van der Waals surface area (Å²) in [6.45, 7) is 2.08. The number of carbonyl (C=O) groups excluding carboxylic acids is 2. The van der Waals surface area contributed by atoms with Crippen LogP contribution in [0.15, 0.2) is 42.7 Å². The lowest BCUT2D eigenvalue weighted by Gasteiger charge is -2.21. The minimum Gasteiger partial charge on any atom is -0.482 e. The van der Waals surface area contributed by atoms with E-state index in [4.69, 9.17) is 16.3 Å². The summed E-state index contributed by atoms with van der Waals surface area (Å²) in [5.74, 6) is 0.0227. The van der Waals surface area contributed by atoms with Crippen molar-refractivity contribution < 1.29 is 18.7 Å². The third-order valence-corrected chi connectivity index (χ3v) is 6.05. The first-order chi connectivity index (χ1) is 17.3. The zero-order valence-corrected chi connectivity index (χ0v) is 20.1. The van der Waals surface area contributed by atoms with Gasteiger partial charge in [0.05, 0.1) is 16.8 Å². The molecule has 0 saturated heterocycles. The van der Waals surface area contributed by atoms with E-state index >= 15 is 0 Å². The molecule has 12 heteroatoms. The van der Waals surface area contributed by atoms with Gasteiger partial charge in [0.1, 0.15) is 28.9 Å². The highest BCUT2D eigenvalue weighted by atomic mass is 35.5. The van der Waals surface area contributed by atoms with E-state index in [9.17, 15) is 14.0 Å². The zero-order chi connectivity index (χ0) is 25.4. The van der Waals surface area contributed by atoms with Crippen molar-refractivity contribution in [3.8, 4) is 5.75 Å². The van der Waals surface area contributed by atoms with E-state index in [-0.39, 0.29) is 35.8 Å². The number of nitrogens with zero attached hydrogens (tertiary/aromatic N) is 4. The molecule has 1 aliphatic rings. The molecular weight excluding hydrogens is 489 g/mol. The van der Waals surface area contributed by atoms with Crippen molar-refractivity contribution in [1.82, 2.24) is 25.1 Å². The first-order valence-corrected chi connectivity index (χ1v) is 11.4. The van der Waals surface area contributed by atoms with Gasteiger partial charge in [0.25, 0.3) is 11.8 Å². The highest BCUT2D eigenvalue weighted by molar-refractivity contribution is 6.30. The molecule has 3 heterocycles. The number of aromatic nitrogens is 4. The molecule has 1 atom stereocenters. The predicted octanol–water partition coefficient (Wildman–Crippen LogP) is 3.59. The van der Waals surface area contributed by atoms with Crippen molar-refractivity contribution in [1.29, 1.82) is 0 Å². The zero-order valence-electron chi connectivity index (χ0n) is 19.3. The van der Waals surface area contributed by atoms with Gasteiger partial charge in [-0.15, -0.1) is 0 Å². The minimum absolute atomic E-state index is 0.00554. The third kappa shape index (κ3) is 4.52. The highest BCUT2D eigenvalue weighted by Gasteiger charge is 2.22. The van der Waals surface area contributed by atoms with Crippen LogP contribution in [0.4, 0.5) is 15.9 Å². The predicted molar refractivity (Wildman–Crippen MR) is 131 cm³/mol. The number of halogens is 2. The summed E-state index contributed by atoms with van der Waals surface area (Å²) in [5.41, 5.74) is 3.07. The fourth-order valence-corrected chi connectivity index (χ4v) is 4.11. The fraction of sp³-hybridized carbons (Fsp3) is 0.208. The van der Waals surface area contributed by atoms with Crippen LogP contribution in [-0.2, 0) is 18.4 Å². The fourth-order valence-electron chi connectivity index (χ4n) is 3.90. The van der Waals surface area contributed by atoms with Crippen LogP contribution in [0.25, 0.3) is 11.0 Å². The Morgan fingerprint density at radius 1 is 1.25 bits per heavy atom. The van der Waals surface area contributed by atoms with Crippen molar-refractivity contribution in [3.63, 3.8) is 0 Å². The second-order valence-corrected chi connectivity index (χ2v) is 8.69. The van der Waals surface area contributed by atoms with Gasteiger partial charge in [-0.05, 0) is 42.3 Å². The van der Waals surface area contributed by atoms with E-state index in [0.29, 0.717) is 33.9 Å². The first-order valence-electron chi connectivity index (χ1n) is 11.0. The minimum atomic E-state index is -0.527. The molecule has 0 aliphatic carbocycles. The maximum atomic E-state index is 13.4. The summed E-state index contributed by atoms with van der Waals surface area (Å²) in [6, 6.07) is 9.61. The smallest absolute Gasteiger partial charge is 0.272 e. The van der Waals surface area contributed by atoms with E-state index < -0.39 is 11.7 Å². The van der Waals surface area contributed by atoms with Gasteiger partial charge in [0.2, 0.25) is 0 Å². The van der Waals surface area contributed by atoms with E-state index in [1.807, 2.05) is 25.1 Å². The lowest BCUT2D eigenvalue weighted by Crippen LogP contribution is -2.25. The number of aryl methyl sites for hydroxylation is 1. The molecule has 184 valence electrons.